The molecule has 2 aromatic rings. The quantitative estimate of drug-likeness (QED) is 0.537. The summed E-state index contributed by atoms with van der Waals surface area (Å²) < 4.78 is 11.1. The van der Waals surface area contributed by atoms with Gasteiger partial charge in [0.25, 0.3) is 0 Å². The van der Waals surface area contributed by atoms with Gasteiger partial charge in [0, 0.05) is 23.3 Å². The molecular weight excluding hydrogens is 408 g/mol. The lowest BCUT2D eigenvalue weighted by Crippen LogP contribution is -2.26. The zero-order valence-corrected chi connectivity index (χ0v) is 19.2. The Balaban J connectivity index is 2.06. The van der Waals surface area contributed by atoms with E-state index in [-0.39, 0.29) is 52.9 Å². The average Bonchev–Trinajstić information content (AvgIpc) is 2.72. The van der Waals surface area contributed by atoms with Gasteiger partial charge in [-0.05, 0) is 52.2 Å². The fourth-order valence-corrected chi connectivity index (χ4v) is 3.76. The van der Waals surface area contributed by atoms with Gasteiger partial charge in [0.2, 0.25) is 0 Å². The highest BCUT2D eigenvalue weighted by molar-refractivity contribution is 6.07. The van der Waals surface area contributed by atoms with Crippen LogP contribution < -0.4 is 9.47 Å². The van der Waals surface area contributed by atoms with E-state index in [9.17, 15) is 20.1 Å². The van der Waals surface area contributed by atoms with E-state index in [0.717, 1.165) is 16.7 Å². The molecule has 170 valence electrons. The van der Waals surface area contributed by atoms with Crippen molar-refractivity contribution in [1.82, 2.24) is 0 Å². The van der Waals surface area contributed by atoms with Crippen molar-refractivity contribution < 1.29 is 29.6 Å². The van der Waals surface area contributed by atoms with Crippen LogP contribution in [0.5, 0.6) is 28.7 Å². The third-order valence-electron chi connectivity index (χ3n) is 5.56. The summed E-state index contributed by atoms with van der Waals surface area (Å²) >= 11 is 0. The van der Waals surface area contributed by atoms with E-state index in [2.05, 4.69) is 0 Å². The Morgan fingerprint density at radius 2 is 1.69 bits per heavy atom. The van der Waals surface area contributed by atoms with Gasteiger partial charge >= 0.3 is 0 Å². The van der Waals surface area contributed by atoms with Crippen molar-refractivity contribution in [3.8, 4) is 28.7 Å². The molecule has 6 heteroatoms. The second kappa shape index (κ2) is 9.39. The molecule has 0 spiro atoms. The maximum atomic E-state index is 13.4. The molecule has 2 aromatic carbocycles. The molecule has 0 aromatic heterocycles. The molecule has 1 aliphatic heterocycles. The van der Waals surface area contributed by atoms with E-state index in [1.807, 2.05) is 39.8 Å². The number of hydrogen-bond donors (Lipinski definition) is 3. The van der Waals surface area contributed by atoms with E-state index >= 15 is 0 Å². The van der Waals surface area contributed by atoms with Gasteiger partial charge in [-0.25, -0.2) is 0 Å². The monoisotopic (exact) mass is 438 g/mol. The Hall–Kier alpha value is -3.41. The summed E-state index contributed by atoms with van der Waals surface area (Å²) in [7, 11) is 1.53. The second-order valence-corrected chi connectivity index (χ2v) is 8.52. The first kappa shape index (κ1) is 23.3. The molecule has 0 fully saturated rings. The van der Waals surface area contributed by atoms with Crippen LogP contribution in [-0.2, 0) is 12.8 Å². The lowest BCUT2D eigenvalue weighted by atomic mass is 9.85. The number of hydrogen-bond acceptors (Lipinski definition) is 6. The van der Waals surface area contributed by atoms with Crippen LogP contribution >= 0.6 is 0 Å². The Labute approximate surface area is 188 Å². The lowest BCUT2D eigenvalue weighted by molar-refractivity contribution is 0.0889. The Morgan fingerprint density at radius 3 is 2.31 bits per heavy atom. The number of phenols is 3. The SMILES string of the molecule is COc1cc(O)c([C@H]2COc3cc(O)c(CC=C(C)C)c(O)c3C2=O)cc1CC=C(C)C. The van der Waals surface area contributed by atoms with Crippen LogP contribution in [-0.4, -0.2) is 34.8 Å². The molecule has 1 aliphatic rings. The number of carbonyl (C=O) groups is 1. The van der Waals surface area contributed by atoms with Crippen molar-refractivity contribution in [2.75, 3.05) is 13.7 Å². The first-order valence-corrected chi connectivity index (χ1v) is 10.5. The summed E-state index contributed by atoms with van der Waals surface area (Å²) in [6.45, 7) is 7.80. The highest BCUT2D eigenvalue weighted by Gasteiger charge is 2.36. The topological polar surface area (TPSA) is 96.2 Å². The molecule has 0 saturated carbocycles. The van der Waals surface area contributed by atoms with Gasteiger partial charge in [0.1, 0.15) is 40.9 Å². The van der Waals surface area contributed by atoms with Gasteiger partial charge in [-0.2, -0.15) is 0 Å². The van der Waals surface area contributed by atoms with Crippen LogP contribution in [0.1, 0.15) is 60.7 Å². The van der Waals surface area contributed by atoms with Gasteiger partial charge in [-0.3, -0.25) is 4.79 Å². The minimum atomic E-state index is -0.800. The predicted molar refractivity (Wildman–Crippen MR) is 123 cm³/mol. The molecule has 0 saturated heterocycles. The number of Topliss-reactive ketones (excluding diaryl/α,β-unsaturated/α-hetero) is 1. The summed E-state index contributed by atoms with van der Waals surface area (Å²) in [5.74, 6) is -0.978. The highest BCUT2D eigenvalue weighted by Crippen LogP contribution is 2.45. The van der Waals surface area contributed by atoms with Crippen molar-refractivity contribution in [1.29, 1.82) is 0 Å². The molecule has 0 amide bonds. The minimum Gasteiger partial charge on any atom is -0.508 e. The number of carbonyl (C=O) groups excluding carboxylic acids is 1. The molecule has 3 N–H and O–H groups in total. The molecular formula is C26H30O6. The molecule has 0 unspecified atom stereocenters. The van der Waals surface area contributed by atoms with E-state index < -0.39 is 5.92 Å². The van der Waals surface area contributed by atoms with E-state index in [1.54, 1.807) is 6.07 Å². The van der Waals surface area contributed by atoms with Crippen LogP contribution in [0.15, 0.2) is 41.5 Å². The number of ether oxygens (including phenoxy) is 2. The molecule has 32 heavy (non-hydrogen) atoms. The lowest BCUT2D eigenvalue weighted by Gasteiger charge is -2.27. The van der Waals surface area contributed by atoms with E-state index in [0.29, 0.717) is 17.7 Å². The Morgan fingerprint density at radius 1 is 1.03 bits per heavy atom. The van der Waals surface area contributed by atoms with Crippen LogP contribution in [0.4, 0.5) is 0 Å². The van der Waals surface area contributed by atoms with Gasteiger partial charge in [0.05, 0.1) is 13.0 Å². The number of fused-ring (bicyclic) bond motifs is 1. The van der Waals surface area contributed by atoms with Gasteiger partial charge < -0.3 is 24.8 Å². The fraction of sp³-hybridized carbons (Fsp3) is 0.346. The van der Waals surface area contributed by atoms with Crippen LogP contribution in [0.2, 0.25) is 0 Å². The second-order valence-electron chi connectivity index (χ2n) is 8.52. The van der Waals surface area contributed by atoms with Gasteiger partial charge in [0.15, 0.2) is 5.78 Å². The van der Waals surface area contributed by atoms with E-state index in [4.69, 9.17) is 9.47 Å². The van der Waals surface area contributed by atoms with Gasteiger partial charge in [-0.15, -0.1) is 0 Å². The standard InChI is InChI=1S/C26H30O6/c1-14(2)6-8-16-10-18(21(28)11-22(16)31-5)19-13-32-23-12-20(27)17(9-7-15(3)4)25(29)24(23)26(19)30/h6-7,10-12,19,27-29H,8-9,13H2,1-5H3/t19-/m1/s1. The van der Waals surface area contributed by atoms with Crippen molar-refractivity contribution in [3.63, 3.8) is 0 Å². The summed E-state index contributed by atoms with van der Waals surface area (Å²) in [6.07, 6.45) is 4.77. The van der Waals surface area contributed by atoms with E-state index in [1.165, 1.54) is 19.2 Å². The molecule has 0 radical (unpaired) electrons. The summed E-state index contributed by atoms with van der Waals surface area (Å²) in [4.78, 5) is 13.4. The molecule has 0 bridgehead atoms. The molecule has 3 rings (SSSR count). The zero-order chi connectivity index (χ0) is 23.6. The third kappa shape index (κ3) is 4.59. The summed E-state index contributed by atoms with van der Waals surface area (Å²) in [5, 5.41) is 31.8. The summed E-state index contributed by atoms with van der Waals surface area (Å²) in [5.41, 5.74) is 3.70. The van der Waals surface area contributed by atoms with Crippen LogP contribution in [0, 0.1) is 0 Å². The van der Waals surface area contributed by atoms with Crippen molar-refractivity contribution >= 4 is 5.78 Å². The number of methoxy groups -OCH3 is 1. The Bertz CT molecular complexity index is 1100. The van der Waals surface area contributed by atoms with Gasteiger partial charge in [-0.1, -0.05) is 23.3 Å². The van der Waals surface area contributed by atoms with Crippen molar-refractivity contribution in [2.24, 2.45) is 0 Å². The Kier molecular flexibility index (Phi) is 6.82. The molecule has 6 nitrogen and oxygen atoms in total. The number of ketones is 1. The molecule has 1 heterocycles. The first-order chi connectivity index (χ1) is 15.1. The predicted octanol–water partition coefficient (Wildman–Crippen LogP) is 5.19. The zero-order valence-electron chi connectivity index (χ0n) is 19.2. The summed E-state index contributed by atoms with van der Waals surface area (Å²) in [6, 6.07) is 4.63. The first-order valence-electron chi connectivity index (χ1n) is 10.5. The largest absolute Gasteiger partial charge is 0.508 e. The number of benzene rings is 2. The number of aromatic hydroxyl groups is 3. The number of allylic oxidation sites excluding steroid dienone is 4. The smallest absolute Gasteiger partial charge is 0.181 e. The number of phenolic OH excluding ortho intramolecular Hbond substituents is 3. The van der Waals surface area contributed by atoms with Crippen molar-refractivity contribution in [3.05, 3.63) is 63.8 Å². The highest BCUT2D eigenvalue weighted by atomic mass is 16.5. The normalized spacial score (nSPS) is 14.9. The fourth-order valence-electron chi connectivity index (χ4n) is 3.76. The van der Waals surface area contributed by atoms with Crippen LogP contribution in [0.3, 0.4) is 0 Å². The van der Waals surface area contributed by atoms with Crippen LogP contribution in [0.25, 0.3) is 0 Å². The maximum absolute atomic E-state index is 13.4. The minimum absolute atomic E-state index is 0.0139. The molecule has 1 atom stereocenters. The average molecular weight is 439 g/mol. The maximum Gasteiger partial charge on any atom is 0.181 e. The third-order valence-corrected chi connectivity index (χ3v) is 5.56. The van der Waals surface area contributed by atoms with Crippen molar-refractivity contribution in [2.45, 2.75) is 46.5 Å². The molecule has 0 aliphatic carbocycles. The number of rotatable bonds is 6.